The van der Waals surface area contributed by atoms with Crippen molar-refractivity contribution in [2.75, 3.05) is 13.1 Å². The third-order valence-electron chi connectivity index (χ3n) is 3.18. The highest BCUT2D eigenvalue weighted by Crippen LogP contribution is 2.36. The predicted octanol–water partition coefficient (Wildman–Crippen LogP) is 2.06. The molecule has 2 heteroatoms. The molecule has 1 fully saturated rings. The molecule has 1 aliphatic rings. The van der Waals surface area contributed by atoms with E-state index in [1.54, 1.807) is 0 Å². The Labute approximate surface area is 88.2 Å². The Kier molecular flexibility index (Phi) is 2.73. The molecule has 0 spiro atoms. The molecular formula is C12H20N2. The first-order chi connectivity index (χ1) is 6.93. The van der Waals surface area contributed by atoms with Crippen molar-refractivity contribution >= 4 is 0 Å². The van der Waals surface area contributed by atoms with Crippen molar-refractivity contribution in [1.29, 1.82) is 0 Å². The third-order valence-corrected chi connectivity index (χ3v) is 3.18. The van der Waals surface area contributed by atoms with Gasteiger partial charge >= 0.3 is 0 Å². The summed E-state index contributed by atoms with van der Waals surface area (Å²) in [7, 11) is 0. The van der Waals surface area contributed by atoms with Crippen LogP contribution in [0.15, 0.2) is 37.1 Å². The van der Waals surface area contributed by atoms with Crippen molar-refractivity contribution in [2.24, 2.45) is 5.73 Å². The molecule has 1 aliphatic heterocycles. The molecule has 0 saturated carbocycles. The van der Waals surface area contributed by atoms with Crippen molar-refractivity contribution in [3.63, 3.8) is 0 Å². The number of nitrogens with zero attached hydrogens (tertiary/aromatic N) is 1. The zero-order valence-electron chi connectivity index (χ0n) is 9.97. The lowest BCUT2D eigenvalue weighted by Crippen LogP contribution is -2.43. The fourth-order valence-electron chi connectivity index (χ4n) is 2.08. The Morgan fingerprint density at radius 1 is 1.71 bits per heavy atom. The van der Waals surface area contributed by atoms with E-state index in [2.05, 4.69) is 31.6 Å². The van der Waals surface area contributed by atoms with E-state index in [9.17, 15) is 0 Å². The van der Waals surface area contributed by atoms with E-state index >= 15 is 0 Å². The van der Waals surface area contributed by atoms with Crippen LogP contribution in [0, 0.1) is 0 Å². The van der Waals surface area contributed by atoms with Gasteiger partial charge in [-0.3, -0.25) is 0 Å². The van der Waals surface area contributed by atoms with E-state index in [4.69, 9.17) is 7.10 Å². The molecule has 0 radical (unpaired) electrons. The molecule has 1 saturated heterocycles. The number of hydrogen-bond donors (Lipinski definition) is 1. The fourth-order valence-corrected chi connectivity index (χ4v) is 2.08. The maximum absolute atomic E-state index is 7.53. The smallest absolute Gasteiger partial charge is 0.0638 e. The summed E-state index contributed by atoms with van der Waals surface area (Å²) in [6.45, 7) is 15.0. The highest BCUT2D eigenvalue weighted by molar-refractivity contribution is 5.26. The van der Waals surface area contributed by atoms with Crippen molar-refractivity contribution < 1.29 is 1.37 Å². The minimum absolute atomic E-state index is 0.143. The monoisotopic (exact) mass is 193 g/mol. The van der Waals surface area contributed by atoms with Gasteiger partial charge in [0.25, 0.3) is 0 Å². The van der Waals surface area contributed by atoms with Crippen LogP contribution >= 0.6 is 0 Å². The van der Waals surface area contributed by atoms with Crippen LogP contribution in [0.3, 0.4) is 0 Å². The van der Waals surface area contributed by atoms with Gasteiger partial charge in [-0.1, -0.05) is 19.7 Å². The van der Waals surface area contributed by atoms with E-state index in [-0.39, 0.29) is 11.6 Å². The molecule has 0 aromatic heterocycles. The number of likely N-dealkylation sites (tertiary alicyclic amines) is 1. The van der Waals surface area contributed by atoms with Crippen LogP contribution in [0.2, 0.25) is 0 Å². The SMILES string of the molecule is [2H]C(=C)C(=C)N1CCC[C@@]1(C)C(=C)CN. The molecular weight excluding hydrogens is 172 g/mol. The minimum Gasteiger partial charge on any atom is -0.363 e. The quantitative estimate of drug-likeness (QED) is 0.547. The molecule has 1 atom stereocenters. The first-order valence-electron chi connectivity index (χ1n) is 5.44. The molecule has 0 aromatic rings. The van der Waals surface area contributed by atoms with Crippen LogP contribution in [0.25, 0.3) is 0 Å². The number of nitrogens with two attached hydrogens (primary N) is 1. The Hall–Kier alpha value is -1.02. The molecule has 2 N–H and O–H groups in total. The summed E-state index contributed by atoms with van der Waals surface area (Å²) in [5.74, 6) is 0. The molecule has 14 heavy (non-hydrogen) atoms. The molecule has 0 unspecified atom stereocenters. The minimum atomic E-state index is -0.143. The first kappa shape index (κ1) is 9.53. The zero-order chi connectivity index (χ0) is 11.6. The summed E-state index contributed by atoms with van der Waals surface area (Å²) < 4.78 is 7.53. The second-order valence-corrected chi connectivity index (χ2v) is 3.96. The topological polar surface area (TPSA) is 29.3 Å². The van der Waals surface area contributed by atoms with Gasteiger partial charge in [0, 0.05) is 18.8 Å². The molecule has 1 rings (SSSR count). The maximum Gasteiger partial charge on any atom is 0.0638 e. The maximum atomic E-state index is 7.53. The third kappa shape index (κ3) is 1.62. The lowest BCUT2D eigenvalue weighted by Gasteiger charge is -2.38. The Bertz CT molecular complexity index is 309. The average Bonchev–Trinajstić information content (AvgIpc) is 2.59. The summed E-state index contributed by atoms with van der Waals surface area (Å²) >= 11 is 0. The average molecular weight is 193 g/mol. The fraction of sp³-hybridized carbons (Fsp3) is 0.500. The second-order valence-electron chi connectivity index (χ2n) is 3.96. The lowest BCUT2D eigenvalue weighted by atomic mass is 9.89. The van der Waals surface area contributed by atoms with E-state index in [0.717, 1.165) is 25.0 Å². The van der Waals surface area contributed by atoms with Crippen molar-refractivity contribution in [1.82, 2.24) is 4.90 Å². The Morgan fingerprint density at radius 3 is 2.86 bits per heavy atom. The van der Waals surface area contributed by atoms with Gasteiger partial charge in [0.1, 0.15) is 0 Å². The van der Waals surface area contributed by atoms with Gasteiger partial charge in [0.15, 0.2) is 0 Å². The van der Waals surface area contributed by atoms with Crippen molar-refractivity contribution in [3.05, 3.63) is 37.1 Å². The number of allylic oxidation sites excluding steroid dienone is 1. The summed E-state index contributed by atoms with van der Waals surface area (Å²) in [6, 6.07) is 0.271. The van der Waals surface area contributed by atoms with Crippen LogP contribution in [-0.2, 0) is 0 Å². The van der Waals surface area contributed by atoms with E-state index in [0.29, 0.717) is 12.2 Å². The van der Waals surface area contributed by atoms with E-state index in [1.807, 2.05) is 0 Å². The van der Waals surface area contributed by atoms with Gasteiger partial charge in [-0.05, 0) is 31.4 Å². The molecule has 1 heterocycles. The van der Waals surface area contributed by atoms with Crippen LogP contribution in [0.4, 0.5) is 0 Å². The van der Waals surface area contributed by atoms with Crippen LogP contribution in [0.5, 0.6) is 0 Å². The highest BCUT2D eigenvalue weighted by atomic mass is 15.2. The van der Waals surface area contributed by atoms with Gasteiger partial charge in [-0.2, -0.15) is 0 Å². The molecule has 0 aromatic carbocycles. The van der Waals surface area contributed by atoms with Crippen molar-refractivity contribution in [3.8, 4) is 0 Å². The predicted molar refractivity (Wildman–Crippen MR) is 61.9 cm³/mol. The molecule has 0 bridgehead atoms. The highest BCUT2D eigenvalue weighted by Gasteiger charge is 2.38. The van der Waals surface area contributed by atoms with Crippen LogP contribution < -0.4 is 5.73 Å². The number of rotatable bonds is 4. The Morgan fingerprint density at radius 2 is 2.36 bits per heavy atom. The largest absolute Gasteiger partial charge is 0.363 e. The second kappa shape index (κ2) is 4.01. The standard InChI is InChI=1S/C12H20N2/c1-5-11(3)14-8-6-7-12(14,4)10(2)9-13/h5H,1-3,6-9,13H2,4H3/t12-/m0/s1/i5D. The van der Waals surface area contributed by atoms with Gasteiger partial charge < -0.3 is 10.6 Å². The van der Waals surface area contributed by atoms with Gasteiger partial charge in [0.2, 0.25) is 0 Å². The molecule has 0 amide bonds. The summed E-state index contributed by atoms with van der Waals surface area (Å²) in [5.41, 5.74) is 7.19. The summed E-state index contributed by atoms with van der Waals surface area (Å²) in [5, 5.41) is 0. The Balaban J connectivity index is 2.94. The molecule has 78 valence electrons. The number of hydrogen-bond acceptors (Lipinski definition) is 2. The summed E-state index contributed by atoms with van der Waals surface area (Å²) in [6.07, 6.45) is 2.11. The zero-order valence-corrected chi connectivity index (χ0v) is 8.97. The van der Waals surface area contributed by atoms with E-state index < -0.39 is 0 Å². The van der Waals surface area contributed by atoms with Gasteiger partial charge in [0.05, 0.1) is 6.91 Å². The first-order valence-corrected chi connectivity index (χ1v) is 4.94. The molecule has 0 aliphatic carbocycles. The summed E-state index contributed by atoms with van der Waals surface area (Å²) in [4.78, 5) is 2.11. The van der Waals surface area contributed by atoms with Crippen LogP contribution in [-0.4, -0.2) is 23.5 Å². The molecule has 2 nitrogen and oxygen atoms in total. The normalized spacial score (nSPS) is 27.3. The van der Waals surface area contributed by atoms with E-state index in [1.165, 1.54) is 0 Å². The van der Waals surface area contributed by atoms with Crippen LogP contribution in [0.1, 0.15) is 21.1 Å². The van der Waals surface area contributed by atoms with Gasteiger partial charge in [-0.15, -0.1) is 0 Å². The lowest BCUT2D eigenvalue weighted by molar-refractivity contribution is 0.253. The van der Waals surface area contributed by atoms with Gasteiger partial charge in [-0.25, -0.2) is 0 Å². The van der Waals surface area contributed by atoms with Crippen molar-refractivity contribution in [2.45, 2.75) is 25.3 Å².